The van der Waals surface area contributed by atoms with E-state index in [4.69, 9.17) is 4.74 Å². The van der Waals surface area contributed by atoms with E-state index in [0.717, 1.165) is 45.2 Å². The van der Waals surface area contributed by atoms with Crippen LogP contribution in [-0.2, 0) is 11.2 Å². The van der Waals surface area contributed by atoms with Gasteiger partial charge in [0.05, 0.1) is 13.2 Å². The summed E-state index contributed by atoms with van der Waals surface area (Å²) in [5.74, 6) is 0.747. The number of ether oxygens (including phenoxy) is 1. The Kier molecular flexibility index (Phi) is 4.49. The molecule has 2 aliphatic heterocycles. The van der Waals surface area contributed by atoms with E-state index in [9.17, 15) is 0 Å². The fourth-order valence-corrected chi connectivity index (χ4v) is 3.16. The highest BCUT2D eigenvalue weighted by Crippen LogP contribution is 2.26. The lowest BCUT2D eigenvalue weighted by Gasteiger charge is -2.25. The maximum atomic E-state index is 5.53. The molecule has 1 aromatic carbocycles. The molecule has 0 saturated carbocycles. The molecule has 3 nitrogen and oxygen atoms in total. The normalized spacial score (nSPS) is 25.4. The van der Waals surface area contributed by atoms with Gasteiger partial charge in [0.1, 0.15) is 0 Å². The zero-order chi connectivity index (χ0) is 12.9. The lowest BCUT2D eigenvalue weighted by molar-refractivity contribution is 0.0770. The van der Waals surface area contributed by atoms with E-state index in [1.165, 1.54) is 24.0 Å². The molecule has 0 bridgehead atoms. The second-order valence-corrected chi connectivity index (χ2v) is 5.70. The first-order chi connectivity index (χ1) is 9.42. The summed E-state index contributed by atoms with van der Waals surface area (Å²) in [6.45, 7) is 5.00. The average molecular weight is 260 g/mol. The number of benzene rings is 1. The smallest absolute Gasteiger partial charge is 0.0623 e. The van der Waals surface area contributed by atoms with Crippen molar-refractivity contribution in [1.82, 2.24) is 10.6 Å². The Morgan fingerprint density at radius 3 is 2.84 bits per heavy atom. The number of piperidine rings is 1. The van der Waals surface area contributed by atoms with Gasteiger partial charge in [-0.2, -0.15) is 0 Å². The molecular weight excluding hydrogens is 236 g/mol. The van der Waals surface area contributed by atoms with Gasteiger partial charge in [0.15, 0.2) is 0 Å². The van der Waals surface area contributed by atoms with Gasteiger partial charge in [0.2, 0.25) is 0 Å². The number of hydrogen-bond acceptors (Lipinski definition) is 3. The molecule has 2 fully saturated rings. The highest BCUT2D eigenvalue weighted by Gasteiger charge is 2.17. The molecule has 0 aliphatic carbocycles. The summed E-state index contributed by atoms with van der Waals surface area (Å²) in [4.78, 5) is 0. The van der Waals surface area contributed by atoms with Crippen LogP contribution in [0.25, 0.3) is 0 Å². The summed E-state index contributed by atoms with van der Waals surface area (Å²) < 4.78 is 5.53. The van der Waals surface area contributed by atoms with E-state index in [2.05, 4.69) is 34.9 Å². The van der Waals surface area contributed by atoms with Crippen molar-refractivity contribution in [2.24, 2.45) is 0 Å². The molecule has 1 atom stereocenters. The van der Waals surface area contributed by atoms with E-state index >= 15 is 0 Å². The van der Waals surface area contributed by atoms with Crippen LogP contribution in [0.1, 0.15) is 29.9 Å². The Hall–Kier alpha value is -0.900. The van der Waals surface area contributed by atoms with Crippen molar-refractivity contribution in [1.29, 1.82) is 0 Å². The van der Waals surface area contributed by atoms with E-state index in [-0.39, 0.29) is 0 Å². The Labute approximate surface area is 115 Å². The van der Waals surface area contributed by atoms with Gasteiger partial charge >= 0.3 is 0 Å². The van der Waals surface area contributed by atoms with Crippen LogP contribution in [0.2, 0.25) is 0 Å². The molecule has 2 N–H and O–H groups in total. The van der Waals surface area contributed by atoms with Crippen LogP contribution in [0.15, 0.2) is 24.3 Å². The molecule has 0 amide bonds. The first-order valence-corrected chi connectivity index (χ1v) is 7.52. The van der Waals surface area contributed by atoms with Crippen LogP contribution in [0, 0.1) is 0 Å². The first kappa shape index (κ1) is 13.1. The highest BCUT2D eigenvalue weighted by atomic mass is 16.5. The molecule has 2 heterocycles. The summed E-state index contributed by atoms with van der Waals surface area (Å²) in [5.41, 5.74) is 2.97. The lowest BCUT2D eigenvalue weighted by Crippen LogP contribution is -2.42. The van der Waals surface area contributed by atoms with Crippen molar-refractivity contribution in [2.45, 2.75) is 31.2 Å². The van der Waals surface area contributed by atoms with Crippen molar-refractivity contribution in [3.8, 4) is 0 Å². The first-order valence-electron chi connectivity index (χ1n) is 7.52. The van der Waals surface area contributed by atoms with E-state index in [1.807, 2.05) is 0 Å². The van der Waals surface area contributed by atoms with Crippen molar-refractivity contribution in [3.05, 3.63) is 35.4 Å². The van der Waals surface area contributed by atoms with Gasteiger partial charge in [-0.05, 0) is 49.4 Å². The minimum absolute atomic E-state index is 0.483. The molecule has 104 valence electrons. The monoisotopic (exact) mass is 260 g/mol. The molecule has 2 saturated heterocycles. The molecule has 0 spiro atoms. The second-order valence-electron chi connectivity index (χ2n) is 5.70. The Balaban J connectivity index is 1.64. The van der Waals surface area contributed by atoms with Crippen molar-refractivity contribution < 1.29 is 4.74 Å². The van der Waals surface area contributed by atoms with Gasteiger partial charge < -0.3 is 15.4 Å². The molecule has 1 unspecified atom stereocenters. The van der Waals surface area contributed by atoms with Gasteiger partial charge in [-0.15, -0.1) is 0 Å². The topological polar surface area (TPSA) is 33.3 Å². The molecule has 0 radical (unpaired) electrons. The van der Waals surface area contributed by atoms with E-state index in [0.29, 0.717) is 6.04 Å². The number of hydrogen-bond donors (Lipinski definition) is 2. The lowest BCUT2D eigenvalue weighted by atomic mass is 9.88. The van der Waals surface area contributed by atoms with Crippen molar-refractivity contribution in [2.75, 3.05) is 32.8 Å². The predicted octanol–water partition coefficient (Wildman–Crippen LogP) is 1.68. The van der Waals surface area contributed by atoms with Gasteiger partial charge in [-0.25, -0.2) is 0 Å². The zero-order valence-corrected chi connectivity index (χ0v) is 11.5. The van der Waals surface area contributed by atoms with Crippen LogP contribution in [0.5, 0.6) is 0 Å². The van der Waals surface area contributed by atoms with Gasteiger partial charge in [0.25, 0.3) is 0 Å². The SMILES string of the molecule is c1cc(CC2COCCN2)cc(C2CCNCC2)c1. The predicted molar refractivity (Wildman–Crippen MR) is 77.6 cm³/mol. The summed E-state index contributed by atoms with van der Waals surface area (Å²) in [7, 11) is 0. The standard InChI is InChI=1S/C16H24N2O/c1-2-13(11-16-12-19-9-8-18-16)10-15(3-1)14-4-6-17-7-5-14/h1-3,10,14,16-18H,4-9,11-12H2. The second kappa shape index (κ2) is 6.51. The van der Waals surface area contributed by atoms with Crippen LogP contribution in [0.3, 0.4) is 0 Å². The highest BCUT2D eigenvalue weighted by molar-refractivity contribution is 5.27. The van der Waals surface area contributed by atoms with Crippen LogP contribution >= 0.6 is 0 Å². The molecule has 19 heavy (non-hydrogen) atoms. The number of morpholine rings is 1. The Morgan fingerprint density at radius 2 is 2.05 bits per heavy atom. The number of nitrogens with one attached hydrogen (secondary N) is 2. The Morgan fingerprint density at radius 1 is 1.16 bits per heavy atom. The van der Waals surface area contributed by atoms with Gasteiger partial charge in [-0.3, -0.25) is 0 Å². The maximum Gasteiger partial charge on any atom is 0.0623 e. The fraction of sp³-hybridized carbons (Fsp3) is 0.625. The third-order valence-electron chi connectivity index (χ3n) is 4.24. The van der Waals surface area contributed by atoms with Gasteiger partial charge in [0, 0.05) is 12.6 Å². The molecular formula is C16H24N2O. The number of rotatable bonds is 3. The molecule has 3 rings (SSSR count). The van der Waals surface area contributed by atoms with Crippen LogP contribution in [0.4, 0.5) is 0 Å². The maximum absolute atomic E-state index is 5.53. The van der Waals surface area contributed by atoms with Crippen LogP contribution < -0.4 is 10.6 Å². The third kappa shape index (κ3) is 3.56. The Bertz CT molecular complexity index is 395. The van der Waals surface area contributed by atoms with Crippen molar-refractivity contribution >= 4 is 0 Å². The van der Waals surface area contributed by atoms with E-state index < -0.39 is 0 Å². The fourth-order valence-electron chi connectivity index (χ4n) is 3.16. The zero-order valence-electron chi connectivity index (χ0n) is 11.5. The minimum atomic E-state index is 0.483. The average Bonchev–Trinajstić information content (AvgIpc) is 2.49. The molecule has 1 aromatic rings. The summed E-state index contributed by atoms with van der Waals surface area (Å²) in [6, 6.07) is 9.66. The minimum Gasteiger partial charge on any atom is -0.379 e. The molecule has 3 heteroatoms. The summed E-state index contributed by atoms with van der Waals surface area (Å²) in [6.07, 6.45) is 3.63. The molecule has 2 aliphatic rings. The van der Waals surface area contributed by atoms with E-state index in [1.54, 1.807) is 0 Å². The van der Waals surface area contributed by atoms with Crippen molar-refractivity contribution in [3.63, 3.8) is 0 Å². The summed E-state index contributed by atoms with van der Waals surface area (Å²) in [5, 5.41) is 6.97. The molecule has 0 aromatic heterocycles. The van der Waals surface area contributed by atoms with Gasteiger partial charge in [-0.1, -0.05) is 24.3 Å². The third-order valence-corrected chi connectivity index (χ3v) is 4.24. The largest absolute Gasteiger partial charge is 0.379 e. The summed E-state index contributed by atoms with van der Waals surface area (Å²) >= 11 is 0. The van der Waals surface area contributed by atoms with Crippen LogP contribution in [-0.4, -0.2) is 38.9 Å². The quantitative estimate of drug-likeness (QED) is 0.867.